The molecule has 0 aliphatic rings. The summed E-state index contributed by atoms with van der Waals surface area (Å²) in [6.07, 6.45) is 0. The zero-order chi connectivity index (χ0) is 12.3. The van der Waals surface area contributed by atoms with Crippen molar-refractivity contribution >= 4 is 33.0 Å². The predicted octanol–water partition coefficient (Wildman–Crippen LogP) is 1.21. The number of nitriles is 1. The zero-order valence-electron chi connectivity index (χ0n) is 8.51. The van der Waals surface area contributed by atoms with Crippen LogP contribution in [0.1, 0.15) is 0 Å². The smallest absolute Gasteiger partial charge is 0.248 e. The van der Waals surface area contributed by atoms with Gasteiger partial charge in [-0.1, -0.05) is 11.6 Å². The molecule has 0 bridgehead atoms. The van der Waals surface area contributed by atoms with Gasteiger partial charge in [-0.25, -0.2) is 8.42 Å². The van der Waals surface area contributed by atoms with Crippen LogP contribution in [0.4, 0.5) is 11.4 Å². The van der Waals surface area contributed by atoms with Gasteiger partial charge in [-0.05, 0) is 18.2 Å². The molecule has 0 atom stereocenters. The summed E-state index contributed by atoms with van der Waals surface area (Å²) < 4.78 is 24.2. The standard InChI is InChI=1S/C9H10ClN3O2S/c1-13(16(14,15)5-4-11)9-6-7(10)2-3-8(9)12/h2-3,6H,5,12H2,1H3. The highest BCUT2D eigenvalue weighted by molar-refractivity contribution is 7.93. The first kappa shape index (κ1) is 12.6. The summed E-state index contributed by atoms with van der Waals surface area (Å²) in [6.45, 7) is 0. The van der Waals surface area contributed by atoms with Crippen molar-refractivity contribution in [1.82, 2.24) is 0 Å². The second-order valence-corrected chi connectivity index (χ2v) is 5.52. The molecular formula is C9H10ClN3O2S. The predicted molar refractivity (Wildman–Crippen MR) is 63.7 cm³/mol. The van der Waals surface area contributed by atoms with Gasteiger partial charge in [0.15, 0.2) is 5.75 Å². The van der Waals surface area contributed by atoms with E-state index in [9.17, 15) is 8.42 Å². The summed E-state index contributed by atoms with van der Waals surface area (Å²) in [5, 5.41) is 8.79. The van der Waals surface area contributed by atoms with Gasteiger partial charge in [-0.3, -0.25) is 4.31 Å². The number of nitrogen functional groups attached to an aromatic ring is 1. The van der Waals surface area contributed by atoms with Gasteiger partial charge in [0.1, 0.15) is 0 Å². The number of sulfonamides is 1. The van der Waals surface area contributed by atoms with Gasteiger partial charge < -0.3 is 5.73 Å². The van der Waals surface area contributed by atoms with Crippen molar-refractivity contribution < 1.29 is 8.42 Å². The number of nitrogens with zero attached hydrogens (tertiary/aromatic N) is 2. The molecule has 16 heavy (non-hydrogen) atoms. The second-order valence-electron chi connectivity index (χ2n) is 3.08. The second kappa shape index (κ2) is 4.60. The average Bonchev–Trinajstić information content (AvgIpc) is 2.20. The van der Waals surface area contributed by atoms with E-state index in [1.807, 2.05) is 0 Å². The zero-order valence-corrected chi connectivity index (χ0v) is 10.1. The molecule has 86 valence electrons. The first-order valence-electron chi connectivity index (χ1n) is 4.27. The van der Waals surface area contributed by atoms with E-state index in [1.54, 1.807) is 12.1 Å². The van der Waals surface area contributed by atoms with Gasteiger partial charge in [0.2, 0.25) is 10.0 Å². The number of anilines is 2. The molecule has 1 aromatic carbocycles. The Morgan fingerprint density at radius 2 is 2.19 bits per heavy atom. The molecule has 0 unspecified atom stereocenters. The van der Waals surface area contributed by atoms with Crippen LogP contribution in [0.3, 0.4) is 0 Å². The van der Waals surface area contributed by atoms with Crippen molar-refractivity contribution in [3.63, 3.8) is 0 Å². The number of benzene rings is 1. The van der Waals surface area contributed by atoms with Crippen LogP contribution < -0.4 is 10.0 Å². The monoisotopic (exact) mass is 259 g/mol. The fraction of sp³-hybridized carbons (Fsp3) is 0.222. The van der Waals surface area contributed by atoms with Gasteiger partial charge in [0.05, 0.1) is 17.4 Å². The molecule has 0 saturated carbocycles. The quantitative estimate of drug-likeness (QED) is 0.827. The minimum Gasteiger partial charge on any atom is -0.397 e. The highest BCUT2D eigenvalue weighted by atomic mass is 35.5. The van der Waals surface area contributed by atoms with Crippen LogP contribution in [-0.4, -0.2) is 21.2 Å². The molecule has 1 rings (SSSR count). The maximum absolute atomic E-state index is 11.6. The summed E-state index contributed by atoms with van der Waals surface area (Å²) >= 11 is 5.75. The molecule has 0 aromatic heterocycles. The Morgan fingerprint density at radius 1 is 1.56 bits per heavy atom. The van der Waals surface area contributed by atoms with E-state index in [0.29, 0.717) is 5.02 Å². The molecule has 0 spiro atoms. The van der Waals surface area contributed by atoms with Crippen LogP contribution in [0.15, 0.2) is 18.2 Å². The van der Waals surface area contributed by atoms with E-state index in [2.05, 4.69) is 0 Å². The molecule has 1 aromatic rings. The maximum Gasteiger partial charge on any atom is 0.248 e. The topological polar surface area (TPSA) is 87.2 Å². The normalized spacial score (nSPS) is 10.8. The van der Waals surface area contributed by atoms with Crippen LogP contribution in [0.5, 0.6) is 0 Å². The van der Waals surface area contributed by atoms with Crippen molar-refractivity contribution in [3.8, 4) is 6.07 Å². The van der Waals surface area contributed by atoms with E-state index in [0.717, 1.165) is 4.31 Å². The molecular weight excluding hydrogens is 250 g/mol. The molecule has 5 nitrogen and oxygen atoms in total. The first-order chi connectivity index (χ1) is 7.38. The largest absolute Gasteiger partial charge is 0.397 e. The van der Waals surface area contributed by atoms with Gasteiger partial charge in [0.25, 0.3) is 0 Å². The van der Waals surface area contributed by atoms with Crippen LogP contribution in [0, 0.1) is 11.3 Å². The molecule has 0 fully saturated rings. The Hall–Kier alpha value is -1.45. The van der Waals surface area contributed by atoms with E-state index in [4.69, 9.17) is 22.6 Å². The summed E-state index contributed by atoms with van der Waals surface area (Å²) in [5.74, 6) is -0.602. The molecule has 0 aliphatic carbocycles. The molecule has 0 aliphatic heterocycles. The van der Waals surface area contributed by atoms with Gasteiger partial charge in [0, 0.05) is 12.1 Å². The van der Waals surface area contributed by atoms with Crippen LogP contribution in [-0.2, 0) is 10.0 Å². The minimum absolute atomic E-state index is 0.266. The number of halogens is 1. The fourth-order valence-electron chi connectivity index (χ4n) is 1.12. The third-order valence-corrected chi connectivity index (χ3v) is 3.76. The number of hydrogen-bond donors (Lipinski definition) is 1. The van der Waals surface area contributed by atoms with E-state index in [-0.39, 0.29) is 11.4 Å². The lowest BCUT2D eigenvalue weighted by atomic mass is 10.3. The summed E-state index contributed by atoms with van der Waals surface area (Å²) in [7, 11) is -2.34. The molecule has 0 radical (unpaired) electrons. The van der Waals surface area contributed by atoms with Crippen LogP contribution in [0.2, 0.25) is 5.02 Å². The summed E-state index contributed by atoms with van der Waals surface area (Å²) in [6, 6.07) is 6.10. The number of rotatable bonds is 3. The van der Waals surface area contributed by atoms with Crippen molar-refractivity contribution in [1.29, 1.82) is 5.26 Å². The third-order valence-electron chi connectivity index (χ3n) is 2.00. The number of nitrogens with two attached hydrogens (primary N) is 1. The third kappa shape index (κ3) is 2.56. The molecule has 0 heterocycles. The highest BCUT2D eigenvalue weighted by Crippen LogP contribution is 2.27. The Morgan fingerprint density at radius 3 is 2.75 bits per heavy atom. The van der Waals surface area contributed by atoms with Crippen molar-refractivity contribution in [2.24, 2.45) is 0 Å². The summed E-state index contributed by atoms with van der Waals surface area (Å²) in [5.41, 5.74) is 6.19. The average molecular weight is 260 g/mol. The van der Waals surface area contributed by atoms with Crippen molar-refractivity contribution in [2.75, 3.05) is 22.8 Å². The van der Waals surface area contributed by atoms with Gasteiger partial charge >= 0.3 is 0 Å². The van der Waals surface area contributed by atoms with Crippen molar-refractivity contribution in [2.45, 2.75) is 0 Å². The van der Waals surface area contributed by atoms with E-state index >= 15 is 0 Å². The Balaban J connectivity index is 3.20. The lowest BCUT2D eigenvalue weighted by Crippen LogP contribution is -2.29. The van der Waals surface area contributed by atoms with Crippen LogP contribution >= 0.6 is 11.6 Å². The Kier molecular flexibility index (Phi) is 3.62. The SMILES string of the molecule is CN(c1cc(Cl)ccc1N)S(=O)(=O)CC#N. The lowest BCUT2D eigenvalue weighted by Gasteiger charge is -2.19. The van der Waals surface area contributed by atoms with E-state index < -0.39 is 15.8 Å². The van der Waals surface area contributed by atoms with Gasteiger partial charge in [-0.2, -0.15) is 5.26 Å². The molecule has 2 N–H and O–H groups in total. The highest BCUT2D eigenvalue weighted by Gasteiger charge is 2.19. The Bertz CT molecular complexity index is 536. The lowest BCUT2D eigenvalue weighted by molar-refractivity contribution is 0.597. The molecule has 0 saturated heterocycles. The van der Waals surface area contributed by atoms with E-state index in [1.165, 1.54) is 19.2 Å². The first-order valence-corrected chi connectivity index (χ1v) is 6.26. The summed E-state index contributed by atoms with van der Waals surface area (Å²) in [4.78, 5) is 0. The Labute approximate surface area is 99.1 Å². The van der Waals surface area contributed by atoms with Crippen LogP contribution in [0.25, 0.3) is 0 Å². The maximum atomic E-state index is 11.6. The molecule has 7 heteroatoms. The molecule has 0 amide bonds. The number of hydrogen-bond acceptors (Lipinski definition) is 4. The minimum atomic E-state index is -3.67. The van der Waals surface area contributed by atoms with Crippen molar-refractivity contribution in [3.05, 3.63) is 23.2 Å². The van der Waals surface area contributed by atoms with Gasteiger partial charge in [-0.15, -0.1) is 0 Å². The fourth-order valence-corrected chi connectivity index (χ4v) is 2.10.